The van der Waals surface area contributed by atoms with Crippen LogP contribution >= 0.6 is 0 Å². The first kappa shape index (κ1) is 14.8. The number of benzene rings is 1. The molecule has 0 bridgehead atoms. The van der Waals surface area contributed by atoms with E-state index in [-0.39, 0.29) is 11.0 Å². The molecule has 0 saturated carbocycles. The van der Waals surface area contributed by atoms with Crippen molar-refractivity contribution in [3.05, 3.63) is 29.8 Å². The second-order valence-corrected chi connectivity index (χ2v) is 6.53. The molecule has 1 aromatic rings. The van der Waals surface area contributed by atoms with Gasteiger partial charge in [-0.3, -0.25) is 0 Å². The van der Waals surface area contributed by atoms with Gasteiger partial charge in [0.15, 0.2) is 0 Å². The van der Waals surface area contributed by atoms with Crippen molar-refractivity contribution >= 4 is 16.1 Å². The molecule has 1 aliphatic rings. The highest BCUT2D eigenvalue weighted by atomic mass is 32.2. The largest absolute Gasteiger partial charge is 0.375 e. The first-order valence-electron chi connectivity index (χ1n) is 6.38. The molecule has 2 rings (SSSR count). The van der Waals surface area contributed by atoms with Gasteiger partial charge in [0, 0.05) is 13.1 Å². The van der Waals surface area contributed by atoms with Crippen molar-refractivity contribution in [3.8, 4) is 0 Å². The van der Waals surface area contributed by atoms with Crippen molar-refractivity contribution in [2.75, 3.05) is 19.7 Å². The Bertz CT molecular complexity index is 583. The number of sulfonamides is 1. The van der Waals surface area contributed by atoms with Crippen LogP contribution in [0.1, 0.15) is 12.5 Å². The standard InChI is InChI=1S/C13H18N2O4S/c1-10-3-5-12(6-4-10)20(17,18)14-13(16)15-7-8-19-11(2)9-15/h3-6,11H,7-9H2,1-2H3,(H,14,16). The third-order valence-corrected chi connectivity index (χ3v) is 4.42. The van der Waals surface area contributed by atoms with E-state index in [1.54, 1.807) is 12.1 Å². The van der Waals surface area contributed by atoms with Crippen molar-refractivity contribution in [3.63, 3.8) is 0 Å². The van der Waals surface area contributed by atoms with Crippen LogP contribution in [-0.2, 0) is 14.8 Å². The summed E-state index contributed by atoms with van der Waals surface area (Å²) in [5, 5.41) is 0. The van der Waals surface area contributed by atoms with Crippen LogP contribution in [0.25, 0.3) is 0 Å². The predicted octanol–water partition coefficient (Wildman–Crippen LogP) is 1.11. The number of hydrogen-bond acceptors (Lipinski definition) is 4. The molecule has 7 heteroatoms. The molecule has 1 N–H and O–H groups in total. The summed E-state index contributed by atoms with van der Waals surface area (Å²) in [5.74, 6) is 0. The van der Waals surface area contributed by atoms with Gasteiger partial charge in [0.05, 0.1) is 17.6 Å². The van der Waals surface area contributed by atoms with Crippen LogP contribution in [-0.4, -0.2) is 45.1 Å². The molecule has 2 amide bonds. The molecule has 1 aromatic carbocycles. The summed E-state index contributed by atoms with van der Waals surface area (Å²) < 4.78 is 31.6. The van der Waals surface area contributed by atoms with Crippen LogP contribution in [0.3, 0.4) is 0 Å². The zero-order valence-corrected chi connectivity index (χ0v) is 12.3. The summed E-state index contributed by atoms with van der Waals surface area (Å²) in [6.45, 7) is 4.89. The van der Waals surface area contributed by atoms with Crippen molar-refractivity contribution in [2.24, 2.45) is 0 Å². The molecular formula is C13H18N2O4S. The number of urea groups is 1. The van der Waals surface area contributed by atoms with Gasteiger partial charge in [-0.25, -0.2) is 17.9 Å². The lowest BCUT2D eigenvalue weighted by molar-refractivity contribution is -0.00267. The average molecular weight is 298 g/mol. The SMILES string of the molecule is Cc1ccc(S(=O)(=O)NC(=O)N2CCOC(C)C2)cc1. The average Bonchev–Trinajstić information content (AvgIpc) is 2.38. The van der Waals surface area contributed by atoms with Crippen LogP contribution in [0.2, 0.25) is 0 Å². The Labute approximate surface area is 118 Å². The van der Waals surface area contributed by atoms with E-state index in [2.05, 4.69) is 4.72 Å². The lowest BCUT2D eigenvalue weighted by Gasteiger charge is -2.30. The van der Waals surface area contributed by atoms with E-state index in [0.29, 0.717) is 19.7 Å². The van der Waals surface area contributed by atoms with Crippen molar-refractivity contribution in [1.82, 2.24) is 9.62 Å². The molecule has 6 nitrogen and oxygen atoms in total. The van der Waals surface area contributed by atoms with Gasteiger partial charge in [0.2, 0.25) is 0 Å². The van der Waals surface area contributed by atoms with Gasteiger partial charge in [-0.05, 0) is 26.0 Å². The molecule has 0 aliphatic carbocycles. The molecule has 0 aromatic heterocycles. The second-order valence-electron chi connectivity index (χ2n) is 4.85. The fourth-order valence-corrected chi connectivity index (χ4v) is 2.93. The summed E-state index contributed by atoms with van der Waals surface area (Å²) in [7, 11) is -3.83. The van der Waals surface area contributed by atoms with Crippen LogP contribution in [0, 0.1) is 6.92 Å². The molecule has 1 aliphatic heterocycles. The Morgan fingerprint density at radius 3 is 2.60 bits per heavy atom. The second kappa shape index (κ2) is 5.80. The first-order valence-corrected chi connectivity index (χ1v) is 7.87. The minimum absolute atomic E-state index is 0.0813. The zero-order valence-electron chi connectivity index (χ0n) is 11.5. The number of carbonyl (C=O) groups is 1. The van der Waals surface area contributed by atoms with Gasteiger partial charge in [-0.2, -0.15) is 0 Å². The van der Waals surface area contributed by atoms with Crippen LogP contribution in [0.4, 0.5) is 4.79 Å². The lowest BCUT2D eigenvalue weighted by Crippen LogP contribution is -2.50. The monoisotopic (exact) mass is 298 g/mol. The fraction of sp³-hybridized carbons (Fsp3) is 0.462. The topological polar surface area (TPSA) is 75.7 Å². The smallest absolute Gasteiger partial charge is 0.331 e. The third-order valence-electron chi connectivity index (χ3n) is 3.08. The molecule has 1 heterocycles. The van der Waals surface area contributed by atoms with Gasteiger partial charge < -0.3 is 9.64 Å². The number of nitrogens with one attached hydrogen (secondary N) is 1. The zero-order chi connectivity index (χ0) is 14.8. The molecule has 1 fully saturated rings. The molecule has 1 unspecified atom stereocenters. The Morgan fingerprint density at radius 2 is 2.00 bits per heavy atom. The Morgan fingerprint density at radius 1 is 1.35 bits per heavy atom. The van der Waals surface area contributed by atoms with E-state index in [4.69, 9.17) is 4.74 Å². The van der Waals surface area contributed by atoms with Gasteiger partial charge in [-0.15, -0.1) is 0 Å². The minimum Gasteiger partial charge on any atom is -0.375 e. The maximum absolute atomic E-state index is 12.1. The summed E-state index contributed by atoms with van der Waals surface area (Å²) in [4.78, 5) is 13.5. The number of carbonyl (C=O) groups excluding carboxylic acids is 1. The molecular weight excluding hydrogens is 280 g/mol. The van der Waals surface area contributed by atoms with Crippen LogP contribution in [0.15, 0.2) is 29.2 Å². The summed E-state index contributed by atoms with van der Waals surface area (Å²) >= 11 is 0. The van der Waals surface area contributed by atoms with E-state index in [1.807, 2.05) is 13.8 Å². The maximum Gasteiger partial charge on any atom is 0.331 e. The van der Waals surface area contributed by atoms with Gasteiger partial charge in [-0.1, -0.05) is 17.7 Å². The maximum atomic E-state index is 12.1. The fourth-order valence-electron chi connectivity index (χ4n) is 1.96. The van der Waals surface area contributed by atoms with E-state index in [0.717, 1.165) is 5.56 Å². The van der Waals surface area contributed by atoms with Crippen molar-refractivity contribution < 1.29 is 17.9 Å². The lowest BCUT2D eigenvalue weighted by atomic mass is 10.2. The number of morpholine rings is 1. The van der Waals surface area contributed by atoms with Gasteiger partial charge >= 0.3 is 6.03 Å². The van der Waals surface area contributed by atoms with Gasteiger partial charge in [0.1, 0.15) is 0 Å². The van der Waals surface area contributed by atoms with Crippen LogP contribution in [0.5, 0.6) is 0 Å². The molecule has 0 spiro atoms. The minimum atomic E-state index is -3.83. The number of aryl methyl sites for hydroxylation is 1. The highest BCUT2D eigenvalue weighted by Gasteiger charge is 2.25. The quantitative estimate of drug-likeness (QED) is 0.887. The third kappa shape index (κ3) is 3.49. The highest BCUT2D eigenvalue weighted by Crippen LogP contribution is 2.11. The number of ether oxygens (including phenoxy) is 1. The van der Waals surface area contributed by atoms with Crippen LogP contribution < -0.4 is 4.72 Å². The molecule has 1 atom stereocenters. The molecule has 110 valence electrons. The van der Waals surface area contributed by atoms with E-state index in [9.17, 15) is 13.2 Å². The number of rotatable bonds is 2. The van der Waals surface area contributed by atoms with Gasteiger partial charge in [0.25, 0.3) is 10.0 Å². The number of hydrogen-bond donors (Lipinski definition) is 1. The van der Waals surface area contributed by atoms with E-state index in [1.165, 1.54) is 17.0 Å². The number of amides is 2. The number of nitrogens with zero attached hydrogens (tertiary/aromatic N) is 1. The first-order chi connectivity index (χ1) is 9.38. The molecule has 20 heavy (non-hydrogen) atoms. The predicted molar refractivity (Wildman–Crippen MR) is 73.9 cm³/mol. The van der Waals surface area contributed by atoms with Crippen molar-refractivity contribution in [2.45, 2.75) is 24.8 Å². The Hall–Kier alpha value is -1.60. The highest BCUT2D eigenvalue weighted by molar-refractivity contribution is 7.90. The van der Waals surface area contributed by atoms with E-state index < -0.39 is 16.1 Å². The normalized spacial score (nSPS) is 19.7. The Balaban J connectivity index is 2.08. The summed E-state index contributed by atoms with van der Waals surface area (Å²) in [6.07, 6.45) is -0.0865. The Kier molecular flexibility index (Phi) is 4.29. The molecule has 0 radical (unpaired) electrons. The van der Waals surface area contributed by atoms with E-state index >= 15 is 0 Å². The van der Waals surface area contributed by atoms with Crippen molar-refractivity contribution in [1.29, 1.82) is 0 Å². The summed E-state index contributed by atoms with van der Waals surface area (Å²) in [5.41, 5.74) is 0.956. The summed E-state index contributed by atoms with van der Waals surface area (Å²) in [6, 6.07) is 5.73. The molecule has 1 saturated heterocycles.